The van der Waals surface area contributed by atoms with Gasteiger partial charge in [-0.2, -0.15) is 0 Å². The Morgan fingerprint density at radius 3 is 2.18 bits per heavy atom. The molecule has 4 nitrogen and oxygen atoms in total. The molecule has 0 radical (unpaired) electrons. The van der Waals surface area contributed by atoms with Gasteiger partial charge in [-0.1, -0.05) is 40.0 Å². The van der Waals surface area contributed by atoms with Gasteiger partial charge in [-0.05, 0) is 18.3 Å². The minimum absolute atomic E-state index is 0.0682. The fraction of sp³-hybridized carbons (Fsp3) is 0.917. The van der Waals surface area contributed by atoms with Gasteiger partial charge in [-0.3, -0.25) is 4.79 Å². The van der Waals surface area contributed by atoms with Crippen molar-refractivity contribution in [2.75, 3.05) is 11.5 Å². The van der Waals surface area contributed by atoms with E-state index in [1.807, 2.05) is 0 Å². The first-order valence-electron chi connectivity index (χ1n) is 6.21. The van der Waals surface area contributed by atoms with Gasteiger partial charge in [-0.15, -0.1) is 0 Å². The second kappa shape index (κ2) is 7.69. The van der Waals surface area contributed by atoms with Crippen LogP contribution >= 0.6 is 0 Å². The van der Waals surface area contributed by atoms with Gasteiger partial charge >= 0.3 is 0 Å². The molecular formula is C12H25NO3S. The van der Waals surface area contributed by atoms with Crippen molar-refractivity contribution in [1.29, 1.82) is 0 Å². The molecule has 0 spiro atoms. The van der Waals surface area contributed by atoms with E-state index in [9.17, 15) is 13.2 Å². The number of carbonyl (C=O) groups is 1. The quantitative estimate of drug-likeness (QED) is 0.688. The number of nitrogens with two attached hydrogens (primary N) is 1. The second-order valence-electron chi connectivity index (χ2n) is 5.28. The molecule has 5 heteroatoms. The van der Waals surface area contributed by atoms with Gasteiger partial charge in [0.1, 0.15) is 5.75 Å². The summed E-state index contributed by atoms with van der Waals surface area (Å²) in [6, 6.07) is 0. The van der Waals surface area contributed by atoms with E-state index in [0.717, 1.165) is 12.8 Å². The maximum atomic E-state index is 11.4. The summed E-state index contributed by atoms with van der Waals surface area (Å²) in [5.41, 5.74) is 4.88. The molecule has 17 heavy (non-hydrogen) atoms. The van der Waals surface area contributed by atoms with Crippen LogP contribution in [0, 0.1) is 11.8 Å². The fourth-order valence-corrected chi connectivity index (χ4v) is 3.03. The summed E-state index contributed by atoms with van der Waals surface area (Å²) in [4.78, 5) is 10.5. The molecule has 0 aromatic heterocycles. The van der Waals surface area contributed by atoms with E-state index in [4.69, 9.17) is 5.73 Å². The molecule has 0 bridgehead atoms. The molecule has 0 rings (SSSR count). The molecule has 0 aromatic rings. The molecule has 102 valence electrons. The van der Waals surface area contributed by atoms with Crippen molar-refractivity contribution in [1.82, 2.24) is 0 Å². The third-order valence-corrected chi connectivity index (χ3v) is 4.34. The van der Waals surface area contributed by atoms with Gasteiger partial charge in [0.25, 0.3) is 0 Å². The third kappa shape index (κ3) is 10.3. The van der Waals surface area contributed by atoms with Crippen LogP contribution < -0.4 is 5.73 Å². The first-order chi connectivity index (χ1) is 7.73. The minimum Gasteiger partial charge on any atom is -0.369 e. The smallest absolute Gasteiger partial charge is 0.232 e. The average molecular weight is 263 g/mol. The Morgan fingerprint density at radius 1 is 1.12 bits per heavy atom. The zero-order valence-corrected chi connectivity index (χ0v) is 11.9. The van der Waals surface area contributed by atoms with Crippen LogP contribution in [0.15, 0.2) is 0 Å². The molecule has 1 amide bonds. The molecule has 0 aliphatic heterocycles. The number of hydrogen-bond donors (Lipinski definition) is 1. The van der Waals surface area contributed by atoms with E-state index in [2.05, 4.69) is 20.8 Å². The standard InChI is InChI=1S/C12H25NO3S/c1-10(2)5-4-6-11(3)7-8-17(15,16)9-12(13)14/h10-11H,4-9H2,1-3H3,(H2,13,14). The Bertz CT molecular complexity index is 323. The van der Waals surface area contributed by atoms with Crippen LogP contribution in [0.4, 0.5) is 0 Å². The zero-order valence-electron chi connectivity index (χ0n) is 11.1. The Kier molecular flexibility index (Phi) is 7.43. The topological polar surface area (TPSA) is 77.2 Å². The monoisotopic (exact) mass is 263 g/mol. The summed E-state index contributed by atoms with van der Waals surface area (Å²) in [5.74, 6) is -0.139. The SMILES string of the molecule is CC(C)CCCC(C)CCS(=O)(=O)CC(N)=O. The Hall–Kier alpha value is -0.580. The van der Waals surface area contributed by atoms with Crippen LogP contribution in [-0.4, -0.2) is 25.8 Å². The van der Waals surface area contributed by atoms with Crippen molar-refractivity contribution in [3.8, 4) is 0 Å². The molecular weight excluding hydrogens is 238 g/mol. The first kappa shape index (κ1) is 16.4. The molecule has 0 aliphatic rings. The van der Waals surface area contributed by atoms with Crippen LogP contribution in [0.3, 0.4) is 0 Å². The van der Waals surface area contributed by atoms with Crippen LogP contribution in [0.2, 0.25) is 0 Å². The van der Waals surface area contributed by atoms with E-state index in [1.165, 1.54) is 6.42 Å². The van der Waals surface area contributed by atoms with Gasteiger partial charge in [0, 0.05) is 0 Å². The number of rotatable bonds is 9. The minimum atomic E-state index is -3.29. The highest BCUT2D eigenvalue weighted by molar-refractivity contribution is 7.92. The lowest BCUT2D eigenvalue weighted by Gasteiger charge is -2.12. The van der Waals surface area contributed by atoms with Crippen molar-refractivity contribution in [2.45, 2.75) is 46.5 Å². The van der Waals surface area contributed by atoms with Gasteiger partial charge in [0.15, 0.2) is 9.84 Å². The lowest BCUT2D eigenvalue weighted by atomic mass is 9.98. The molecule has 0 fully saturated rings. The van der Waals surface area contributed by atoms with Gasteiger partial charge in [0.2, 0.25) is 5.91 Å². The molecule has 0 aliphatic carbocycles. The highest BCUT2D eigenvalue weighted by atomic mass is 32.2. The summed E-state index contributed by atoms with van der Waals surface area (Å²) in [6.07, 6.45) is 3.98. The zero-order chi connectivity index (χ0) is 13.5. The number of hydrogen-bond acceptors (Lipinski definition) is 3. The molecule has 1 unspecified atom stereocenters. The van der Waals surface area contributed by atoms with Gasteiger partial charge in [-0.25, -0.2) is 8.42 Å². The molecule has 0 heterocycles. The Morgan fingerprint density at radius 2 is 1.71 bits per heavy atom. The third-order valence-electron chi connectivity index (χ3n) is 2.76. The molecule has 0 saturated heterocycles. The summed E-state index contributed by atoms with van der Waals surface area (Å²) >= 11 is 0. The van der Waals surface area contributed by atoms with Crippen LogP contribution in [0.5, 0.6) is 0 Å². The molecule has 0 saturated carbocycles. The highest BCUT2D eigenvalue weighted by Crippen LogP contribution is 2.16. The summed E-state index contributed by atoms with van der Waals surface area (Å²) in [6.45, 7) is 6.42. The lowest BCUT2D eigenvalue weighted by molar-refractivity contribution is -0.115. The largest absolute Gasteiger partial charge is 0.369 e. The van der Waals surface area contributed by atoms with Crippen LogP contribution in [-0.2, 0) is 14.6 Å². The molecule has 0 aromatic carbocycles. The van der Waals surface area contributed by atoms with Crippen molar-refractivity contribution in [3.05, 3.63) is 0 Å². The van der Waals surface area contributed by atoms with Crippen molar-refractivity contribution < 1.29 is 13.2 Å². The fourth-order valence-electron chi connectivity index (χ4n) is 1.69. The summed E-state index contributed by atoms with van der Waals surface area (Å²) < 4.78 is 22.9. The lowest BCUT2D eigenvalue weighted by Crippen LogP contribution is -2.25. The van der Waals surface area contributed by atoms with E-state index in [-0.39, 0.29) is 5.75 Å². The van der Waals surface area contributed by atoms with E-state index in [1.54, 1.807) is 0 Å². The molecule has 2 N–H and O–H groups in total. The average Bonchev–Trinajstić information content (AvgIpc) is 2.12. The van der Waals surface area contributed by atoms with Crippen molar-refractivity contribution in [2.24, 2.45) is 17.6 Å². The Balaban J connectivity index is 3.83. The second-order valence-corrected chi connectivity index (χ2v) is 7.46. The van der Waals surface area contributed by atoms with Crippen molar-refractivity contribution in [3.63, 3.8) is 0 Å². The molecule has 1 atom stereocenters. The van der Waals surface area contributed by atoms with E-state index in [0.29, 0.717) is 18.3 Å². The number of amides is 1. The highest BCUT2D eigenvalue weighted by Gasteiger charge is 2.15. The van der Waals surface area contributed by atoms with Gasteiger partial charge < -0.3 is 5.73 Å². The van der Waals surface area contributed by atoms with E-state index < -0.39 is 21.5 Å². The predicted molar refractivity (Wildman–Crippen MR) is 70.3 cm³/mol. The first-order valence-corrected chi connectivity index (χ1v) is 8.04. The number of primary amides is 1. The maximum absolute atomic E-state index is 11.4. The normalized spacial score (nSPS) is 13.9. The summed E-state index contributed by atoms with van der Waals surface area (Å²) in [5, 5.41) is 0. The van der Waals surface area contributed by atoms with Crippen molar-refractivity contribution >= 4 is 15.7 Å². The number of sulfone groups is 1. The summed E-state index contributed by atoms with van der Waals surface area (Å²) in [7, 11) is -3.29. The predicted octanol–water partition coefficient (Wildman–Crippen LogP) is 1.74. The van der Waals surface area contributed by atoms with Gasteiger partial charge in [0.05, 0.1) is 5.75 Å². The maximum Gasteiger partial charge on any atom is 0.232 e. The van der Waals surface area contributed by atoms with E-state index >= 15 is 0 Å². The van der Waals surface area contributed by atoms with Crippen LogP contribution in [0.25, 0.3) is 0 Å². The number of carbonyl (C=O) groups excluding carboxylic acids is 1. The van der Waals surface area contributed by atoms with Crippen LogP contribution in [0.1, 0.15) is 46.5 Å². The Labute approximate surface area is 105 Å².